The predicted molar refractivity (Wildman–Crippen MR) is 79.5 cm³/mol. The van der Waals surface area contributed by atoms with E-state index in [1.807, 2.05) is 13.8 Å². The van der Waals surface area contributed by atoms with E-state index in [-0.39, 0.29) is 29.3 Å². The number of fused-ring (bicyclic) bond motifs is 1. The number of hydrogen-bond donors (Lipinski definition) is 1. The Morgan fingerprint density at radius 2 is 2.11 bits per heavy atom. The van der Waals surface area contributed by atoms with Crippen LogP contribution in [0.1, 0.15) is 47.4 Å². The van der Waals surface area contributed by atoms with Gasteiger partial charge < -0.3 is 10.2 Å². The summed E-state index contributed by atoms with van der Waals surface area (Å²) >= 11 is 0. The molecule has 1 aliphatic rings. The van der Waals surface area contributed by atoms with Gasteiger partial charge in [-0.15, -0.1) is 0 Å². The zero-order valence-electron chi connectivity index (χ0n) is 18.4. The van der Waals surface area contributed by atoms with Crippen LogP contribution in [0.15, 0.2) is 18.1 Å². The van der Waals surface area contributed by atoms with Crippen molar-refractivity contribution < 1.29 is 14.4 Å². The molecule has 1 amide bonds. The highest BCUT2D eigenvalue weighted by molar-refractivity contribution is 5.99. The molecule has 0 bridgehead atoms. The molecular formula is C16H24N2O. The molecular weight excluding hydrogens is 236 g/mol. The summed E-state index contributed by atoms with van der Waals surface area (Å²) in [6.07, 6.45) is -1.58. The van der Waals surface area contributed by atoms with Gasteiger partial charge in [0.2, 0.25) is 5.91 Å². The first kappa shape index (κ1) is 7.44. The van der Waals surface area contributed by atoms with Crippen LogP contribution in [0.2, 0.25) is 0 Å². The van der Waals surface area contributed by atoms with E-state index in [9.17, 15) is 4.79 Å². The third kappa shape index (κ3) is 3.57. The van der Waals surface area contributed by atoms with Crippen molar-refractivity contribution in [1.29, 1.82) is 0 Å². The van der Waals surface area contributed by atoms with Gasteiger partial charge in [-0.1, -0.05) is 25.9 Å². The monoisotopic (exact) mass is 267 g/mol. The molecule has 1 aliphatic heterocycles. The minimum Gasteiger partial charge on any atom is -0.326 e. The molecule has 0 unspecified atom stereocenters. The first-order valence-electron chi connectivity index (χ1n) is 10.2. The Morgan fingerprint density at radius 1 is 1.37 bits per heavy atom. The lowest BCUT2D eigenvalue weighted by molar-refractivity contribution is -0.115. The molecule has 2 rings (SSSR count). The van der Waals surface area contributed by atoms with Crippen LogP contribution < -0.4 is 5.32 Å². The molecule has 1 N–H and O–H groups in total. The van der Waals surface area contributed by atoms with Crippen LogP contribution in [0.3, 0.4) is 0 Å². The maximum absolute atomic E-state index is 11.8. The summed E-state index contributed by atoms with van der Waals surface area (Å²) in [6.45, 7) is 2.00. The Hall–Kier alpha value is -1.35. The normalized spacial score (nSPS) is 20.6. The van der Waals surface area contributed by atoms with Crippen LogP contribution in [-0.2, 0) is 17.6 Å². The largest absolute Gasteiger partial charge is 0.326 e. The smallest absolute Gasteiger partial charge is 0.228 e. The Morgan fingerprint density at radius 3 is 2.79 bits per heavy atom. The maximum Gasteiger partial charge on any atom is 0.228 e. The lowest BCUT2D eigenvalue weighted by Gasteiger charge is -2.21. The quantitative estimate of drug-likeness (QED) is 0.824. The van der Waals surface area contributed by atoms with E-state index >= 15 is 0 Å². The molecule has 104 valence electrons. The summed E-state index contributed by atoms with van der Waals surface area (Å²) in [5.41, 5.74) is -0.180. The van der Waals surface area contributed by atoms with Crippen LogP contribution in [0, 0.1) is 0 Å². The van der Waals surface area contributed by atoms with Gasteiger partial charge in [-0.25, -0.2) is 0 Å². The van der Waals surface area contributed by atoms with Crippen molar-refractivity contribution in [2.75, 3.05) is 24.9 Å². The lowest BCUT2D eigenvalue weighted by Crippen LogP contribution is -2.28. The SMILES string of the molecule is [2H]c1c([2H])c2c(c(C([2H])([2H])C([2H])([2H])N(CCC)CCC)c1[2H])CC(=O)N2. The minimum absolute atomic E-state index is 0.0169. The van der Waals surface area contributed by atoms with Gasteiger partial charge >= 0.3 is 0 Å². The highest BCUT2D eigenvalue weighted by Crippen LogP contribution is 2.26. The Labute approximate surface area is 125 Å². The first-order valence-corrected chi connectivity index (χ1v) is 6.68. The van der Waals surface area contributed by atoms with Gasteiger partial charge in [0.15, 0.2) is 0 Å². The highest BCUT2D eigenvalue weighted by atomic mass is 16.1. The summed E-state index contributed by atoms with van der Waals surface area (Å²) < 4.78 is 58.1. The number of amides is 1. The van der Waals surface area contributed by atoms with Crippen molar-refractivity contribution in [3.05, 3.63) is 29.3 Å². The average Bonchev–Trinajstić information content (AvgIpc) is 2.93. The van der Waals surface area contributed by atoms with Gasteiger partial charge in [0.25, 0.3) is 0 Å². The zero-order chi connectivity index (χ0) is 19.9. The molecule has 1 heterocycles. The standard InChI is InChI=1S/C16H24N2O/c1-3-9-18(10-4-2)11-8-13-6-5-7-15-14(13)12-16(19)17-15/h5-7H,3-4,8-12H2,1-2H3,(H,17,19)/i5D,6D,7D,8D2,11D2. The number of carbonyl (C=O) groups is 1. The zero-order valence-corrected chi connectivity index (χ0v) is 11.4. The van der Waals surface area contributed by atoms with E-state index in [1.165, 1.54) is 4.90 Å². The van der Waals surface area contributed by atoms with Gasteiger partial charge in [0.05, 0.1) is 10.5 Å². The molecule has 0 saturated carbocycles. The van der Waals surface area contributed by atoms with Gasteiger partial charge in [0, 0.05) is 17.7 Å². The Kier molecular flexibility index (Phi) is 2.63. The average molecular weight is 267 g/mol. The number of carbonyl (C=O) groups excluding carboxylic acids is 1. The van der Waals surface area contributed by atoms with E-state index in [0.717, 1.165) is 0 Å². The summed E-state index contributed by atoms with van der Waals surface area (Å²) in [6, 6.07) is -1.39. The van der Waals surface area contributed by atoms with Crippen molar-refractivity contribution in [2.45, 2.75) is 39.5 Å². The fourth-order valence-electron chi connectivity index (χ4n) is 2.06. The number of nitrogens with zero attached hydrogens (tertiary/aromatic N) is 1. The minimum atomic E-state index is -2.63. The van der Waals surface area contributed by atoms with Gasteiger partial charge in [-0.05, 0) is 49.5 Å². The Bertz CT molecular complexity index is 715. The van der Waals surface area contributed by atoms with Crippen LogP contribution in [0.5, 0.6) is 0 Å². The molecule has 3 nitrogen and oxygen atoms in total. The lowest BCUT2D eigenvalue weighted by atomic mass is 10.0. The van der Waals surface area contributed by atoms with Crippen LogP contribution in [0.4, 0.5) is 5.69 Å². The molecule has 0 fully saturated rings. The van der Waals surface area contributed by atoms with Crippen LogP contribution in [-0.4, -0.2) is 30.4 Å². The molecule has 19 heavy (non-hydrogen) atoms. The molecule has 0 radical (unpaired) electrons. The van der Waals surface area contributed by atoms with Crippen molar-refractivity contribution in [1.82, 2.24) is 4.90 Å². The molecule has 0 atom stereocenters. The summed E-state index contributed by atoms with van der Waals surface area (Å²) in [5.74, 6) is -0.449. The van der Waals surface area contributed by atoms with Crippen LogP contribution in [0.25, 0.3) is 0 Å². The summed E-state index contributed by atoms with van der Waals surface area (Å²) in [5, 5.41) is 2.44. The number of hydrogen-bond acceptors (Lipinski definition) is 2. The topological polar surface area (TPSA) is 32.3 Å². The molecule has 0 saturated heterocycles. The third-order valence-corrected chi connectivity index (χ3v) is 2.91. The molecule has 0 spiro atoms. The molecule has 3 heteroatoms. The van der Waals surface area contributed by atoms with Crippen molar-refractivity contribution in [2.24, 2.45) is 0 Å². The van der Waals surface area contributed by atoms with Gasteiger partial charge in [-0.3, -0.25) is 4.79 Å². The van der Waals surface area contributed by atoms with Crippen LogP contribution >= 0.6 is 0 Å². The van der Waals surface area contributed by atoms with Gasteiger partial charge in [0.1, 0.15) is 0 Å². The van der Waals surface area contributed by atoms with Crippen molar-refractivity contribution in [3.8, 4) is 0 Å². The summed E-state index contributed by atoms with van der Waals surface area (Å²) in [4.78, 5) is 13.2. The second-order valence-electron chi connectivity index (χ2n) is 4.55. The van der Waals surface area contributed by atoms with Crippen molar-refractivity contribution >= 4 is 11.6 Å². The maximum atomic E-state index is 11.8. The highest BCUT2D eigenvalue weighted by Gasteiger charge is 2.20. The van der Waals surface area contributed by atoms with Gasteiger partial charge in [-0.2, -0.15) is 0 Å². The number of nitrogens with one attached hydrogen (secondary N) is 1. The second-order valence-corrected chi connectivity index (χ2v) is 4.55. The second kappa shape index (κ2) is 6.71. The predicted octanol–water partition coefficient (Wildman–Crippen LogP) is 2.85. The van der Waals surface area contributed by atoms with E-state index in [2.05, 4.69) is 5.32 Å². The van der Waals surface area contributed by atoms with E-state index < -0.39 is 30.9 Å². The summed E-state index contributed by atoms with van der Waals surface area (Å²) in [7, 11) is 0. The van der Waals surface area contributed by atoms with E-state index in [1.54, 1.807) is 0 Å². The fourth-order valence-corrected chi connectivity index (χ4v) is 2.06. The number of benzene rings is 1. The molecule has 1 aromatic rings. The number of rotatable bonds is 7. The van der Waals surface area contributed by atoms with E-state index in [4.69, 9.17) is 9.60 Å². The number of anilines is 1. The first-order chi connectivity index (χ1) is 12.0. The third-order valence-electron chi connectivity index (χ3n) is 2.91. The Balaban J connectivity index is 2.68. The fraction of sp³-hybridized carbons (Fsp3) is 0.562. The molecule has 1 aromatic carbocycles. The van der Waals surface area contributed by atoms with Crippen molar-refractivity contribution in [3.63, 3.8) is 0 Å². The molecule has 0 aliphatic carbocycles. The molecule has 0 aromatic heterocycles. The van der Waals surface area contributed by atoms with E-state index in [0.29, 0.717) is 25.9 Å².